The quantitative estimate of drug-likeness (QED) is 0.639. The number of para-hydroxylation sites is 1. The lowest BCUT2D eigenvalue weighted by Gasteiger charge is -2.07. The zero-order chi connectivity index (χ0) is 15.4. The summed E-state index contributed by atoms with van der Waals surface area (Å²) >= 11 is 0. The van der Waals surface area contributed by atoms with Gasteiger partial charge in [0.25, 0.3) is 5.89 Å². The third-order valence-electron chi connectivity index (χ3n) is 2.95. The molecule has 0 saturated heterocycles. The zero-order valence-corrected chi connectivity index (χ0v) is 11.8. The number of nitro benzene ring substituents is 1. The standard InChI is InChI=1S/C13H16N4O4/c1-3-20-11-9(5-4-6-10(11)17(18)19)13-15-12(16-21-13)8(2)7-14/h4-6,8H,3,7,14H2,1-2H3. The fourth-order valence-electron chi connectivity index (χ4n) is 1.78. The van der Waals surface area contributed by atoms with Gasteiger partial charge in [-0.25, -0.2) is 0 Å². The number of benzene rings is 1. The van der Waals surface area contributed by atoms with Gasteiger partial charge < -0.3 is 15.0 Å². The summed E-state index contributed by atoms with van der Waals surface area (Å²) in [6.07, 6.45) is 0. The lowest BCUT2D eigenvalue weighted by molar-refractivity contribution is -0.385. The average Bonchev–Trinajstić information content (AvgIpc) is 2.96. The number of nitrogens with two attached hydrogens (primary N) is 1. The van der Waals surface area contributed by atoms with E-state index in [-0.39, 0.29) is 29.9 Å². The van der Waals surface area contributed by atoms with Crippen LogP contribution in [0.3, 0.4) is 0 Å². The van der Waals surface area contributed by atoms with E-state index < -0.39 is 4.92 Å². The summed E-state index contributed by atoms with van der Waals surface area (Å²) in [6, 6.07) is 4.56. The third kappa shape index (κ3) is 3.00. The molecule has 21 heavy (non-hydrogen) atoms. The average molecular weight is 292 g/mol. The predicted molar refractivity (Wildman–Crippen MR) is 75.0 cm³/mol. The summed E-state index contributed by atoms with van der Waals surface area (Å²) in [7, 11) is 0. The Morgan fingerprint density at radius 2 is 2.29 bits per heavy atom. The van der Waals surface area contributed by atoms with Gasteiger partial charge in [-0.3, -0.25) is 10.1 Å². The van der Waals surface area contributed by atoms with Gasteiger partial charge in [-0.2, -0.15) is 4.98 Å². The molecule has 0 amide bonds. The number of aromatic nitrogens is 2. The largest absolute Gasteiger partial charge is 0.487 e. The Balaban J connectivity index is 2.50. The van der Waals surface area contributed by atoms with Crippen molar-refractivity contribution in [2.75, 3.05) is 13.2 Å². The molecule has 0 spiro atoms. The molecule has 2 N–H and O–H groups in total. The first kappa shape index (κ1) is 14.9. The number of rotatable bonds is 6. The minimum absolute atomic E-state index is 0.0586. The molecule has 0 aliphatic rings. The van der Waals surface area contributed by atoms with Gasteiger partial charge in [0.2, 0.25) is 5.75 Å². The SMILES string of the molecule is CCOc1c(-c2nc(C(C)CN)no2)cccc1[N+](=O)[O-]. The second kappa shape index (κ2) is 6.31. The Morgan fingerprint density at radius 3 is 2.90 bits per heavy atom. The number of ether oxygens (including phenoxy) is 1. The van der Waals surface area contributed by atoms with Crippen LogP contribution < -0.4 is 10.5 Å². The van der Waals surface area contributed by atoms with E-state index in [2.05, 4.69) is 10.1 Å². The summed E-state index contributed by atoms with van der Waals surface area (Å²) in [5.74, 6) is 0.705. The molecule has 8 heteroatoms. The van der Waals surface area contributed by atoms with Gasteiger partial charge in [0.1, 0.15) is 0 Å². The number of nitro groups is 1. The van der Waals surface area contributed by atoms with E-state index in [0.717, 1.165) is 0 Å². The molecule has 2 aromatic rings. The maximum Gasteiger partial charge on any atom is 0.311 e. The van der Waals surface area contributed by atoms with Crippen molar-refractivity contribution in [2.45, 2.75) is 19.8 Å². The zero-order valence-electron chi connectivity index (χ0n) is 11.8. The van der Waals surface area contributed by atoms with Crippen molar-refractivity contribution in [3.8, 4) is 17.2 Å². The molecule has 0 aliphatic heterocycles. The number of hydrogen-bond acceptors (Lipinski definition) is 7. The molecule has 0 radical (unpaired) electrons. The Hall–Kier alpha value is -2.48. The minimum Gasteiger partial charge on any atom is -0.487 e. The van der Waals surface area contributed by atoms with Crippen molar-refractivity contribution in [3.05, 3.63) is 34.1 Å². The highest BCUT2D eigenvalue weighted by Gasteiger charge is 2.24. The molecule has 1 atom stereocenters. The molecule has 1 aromatic carbocycles. The topological polar surface area (TPSA) is 117 Å². The van der Waals surface area contributed by atoms with Gasteiger partial charge >= 0.3 is 5.69 Å². The summed E-state index contributed by atoms with van der Waals surface area (Å²) in [5, 5.41) is 14.9. The Labute approximate surface area is 121 Å². The van der Waals surface area contributed by atoms with Crippen molar-refractivity contribution >= 4 is 5.69 Å². The summed E-state index contributed by atoms with van der Waals surface area (Å²) in [5.41, 5.74) is 5.82. The van der Waals surface area contributed by atoms with Crippen LogP contribution in [0.4, 0.5) is 5.69 Å². The van der Waals surface area contributed by atoms with Gasteiger partial charge in [-0.15, -0.1) is 0 Å². The molecule has 2 rings (SSSR count). The summed E-state index contributed by atoms with van der Waals surface area (Å²) in [6.45, 7) is 4.28. The predicted octanol–water partition coefficient (Wildman–Crippen LogP) is 2.11. The maximum absolute atomic E-state index is 11.1. The third-order valence-corrected chi connectivity index (χ3v) is 2.95. The lowest BCUT2D eigenvalue weighted by atomic mass is 10.1. The van der Waals surface area contributed by atoms with Crippen LogP contribution in [0.15, 0.2) is 22.7 Å². The van der Waals surface area contributed by atoms with Crippen molar-refractivity contribution in [1.29, 1.82) is 0 Å². The Bertz CT molecular complexity index is 641. The van der Waals surface area contributed by atoms with E-state index in [1.54, 1.807) is 19.1 Å². The number of nitrogens with zero attached hydrogens (tertiary/aromatic N) is 3. The first-order valence-corrected chi connectivity index (χ1v) is 6.52. The van der Waals surface area contributed by atoms with Crippen LogP contribution in [0.1, 0.15) is 25.6 Å². The second-order valence-electron chi connectivity index (χ2n) is 4.44. The molecule has 0 fully saturated rings. The molecule has 1 unspecified atom stereocenters. The summed E-state index contributed by atoms with van der Waals surface area (Å²) < 4.78 is 10.6. The molecule has 0 saturated carbocycles. The van der Waals surface area contributed by atoms with E-state index >= 15 is 0 Å². The second-order valence-corrected chi connectivity index (χ2v) is 4.44. The Kier molecular flexibility index (Phi) is 4.49. The van der Waals surface area contributed by atoms with Crippen molar-refractivity contribution < 1.29 is 14.2 Å². The van der Waals surface area contributed by atoms with Crippen LogP contribution in [0.2, 0.25) is 0 Å². The number of hydrogen-bond donors (Lipinski definition) is 1. The van der Waals surface area contributed by atoms with Gasteiger partial charge in [-0.1, -0.05) is 18.1 Å². The van der Waals surface area contributed by atoms with Crippen LogP contribution in [0, 0.1) is 10.1 Å². The van der Waals surface area contributed by atoms with Gasteiger partial charge in [0, 0.05) is 18.5 Å². The monoisotopic (exact) mass is 292 g/mol. The normalized spacial score (nSPS) is 12.1. The smallest absolute Gasteiger partial charge is 0.311 e. The molecule has 0 bridgehead atoms. The van der Waals surface area contributed by atoms with Crippen molar-refractivity contribution in [3.63, 3.8) is 0 Å². The van der Waals surface area contributed by atoms with Crippen molar-refractivity contribution in [2.24, 2.45) is 5.73 Å². The lowest BCUT2D eigenvalue weighted by Crippen LogP contribution is -2.10. The van der Waals surface area contributed by atoms with Crippen molar-refractivity contribution in [1.82, 2.24) is 10.1 Å². The molecule has 112 valence electrons. The molecule has 8 nitrogen and oxygen atoms in total. The van der Waals surface area contributed by atoms with Crippen LogP contribution in [0.25, 0.3) is 11.5 Å². The highest BCUT2D eigenvalue weighted by Crippen LogP contribution is 2.37. The highest BCUT2D eigenvalue weighted by atomic mass is 16.6. The fraction of sp³-hybridized carbons (Fsp3) is 0.385. The van der Waals surface area contributed by atoms with Gasteiger partial charge in [-0.05, 0) is 13.0 Å². The van der Waals surface area contributed by atoms with Gasteiger partial charge in [0.05, 0.1) is 17.1 Å². The molecule has 1 aromatic heterocycles. The van der Waals surface area contributed by atoms with E-state index in [1.807, 2.05) is 6.92 Å². The van der Waals surface area contributed by atoms with Crippen LogP contribution >= 0.6 is 0 Å². The first-order chi connectivity index (χ1) is 10.1. The molecule has 0 aliphatic carbocycles. The maximum atomic E-state index is 11.1. The summed E-state index contributed by atoms with van der Waals surface area (Å²) in [4.78, 5) is 14.8. The van der Waals surface area contributed by atoms with E-state index in [0.29, 0.717) is 17.9 Å². The van der Waals surface area contributed by atoms with Crippen LogP contribution in [-0.4, -0.2) is 28.2 Å². The Morgan fingerprint density at radius 1 is 1.52 bits per heavy atom. The fourth-order valence-corrected chi connectivity index (χ4v) is 1.78. The molecule has 1 heterocycles. The highest BCUT2D eigenvalue weighted by molar-refractivity contribution is 5.70. The molecular weight excluding hydrogens is 276 g/mol. The van der Waals surface area contributed by atoms with E-state index in [9.17, 15) is 10.1 Å². The molecular formula is C13H16N4O4. The van der Waals surface area contributed by atoms with Crippen LogP contribution in [0.5, 0.6) is 5.75 Å². The first-order valence-electron chi connectivity index (χ1n) is 6.52. The minimum atomic E-state index is -0.506. The van der Waals surface area contributed by atoms with Crippen LogP contribution in [-0.2, 0) is 0 Å². The van der Waals surface area contributed by atoms with Gasteiger partial charge in [0.15, 0.2) is 5.82 Å². The van der Waals surface area contributed by atoms with E-state index in [4.69, 9.17) is 15.0 Å². The van der Waals surface area contributed by atoms with E-state index in [1.165, 1.54) is 6.07 Å².